The van der Waals surface area contributed by atoms with Crippen LogP contribution in [-0.4, -0.2) is 19.4 Å². The van der Waals surface area contributed by atoms with E-state index in [0.717, 1.165) is 0 Å². The minimum absolute atomic E-state index is 0.0364. The zero-order chi connectivity index (χ0) is 20.4. The maximum Gasteiger partial charge on any atom is 0.266 e. The first-order chi connectivity index (χ1) is 13.9. The molecule has 0 radical (unpaired) electrons. The fourth-order valence-corrected chi connectivity index (χ4v) is 4.21. The Morgan fingerprint density at radius 3 is 2.48 bits per heavy atom. The summed E-state index contributed by atoms with van der Waals surface area (Å²) in [5, 5.41) is 2.94. The number of aromatic nitrogens is 1. The fraction of sp³-hybridized carbons (Fsp3) is 0.100. The summed E-state index contributed by atoms with van der Waals surface area (Å²) in [5.74, 6) is -0.957. The zero-order valence-corrected chi connectivity index (χ0v) is 15.9. The first kappa shape index (κ1) is 19.0. The van der Waals surface area contributed by atoms with Gasteiger partial charge in [0.25, 0.3) is 10.0 Å². The van der Waals surface area contributed by atoms with Gasteiger partial charge in [0.1, 0.15) is 16.5 Å². The van der Waals surface area contributed by atoms with Gasteiger partial charge in [-0.05, 0) is 35.4 Å². The number of nitrogens with zero attached hydrogens (tertiary/aromatic N) is 2. The number of hydrogen-bond donors (Lipinski definition) is 2. The van der Waals surface area contributed by atoms with Gasteiger partial charge < -0.3 is 5.32 Å². The lowest BCUT2D eigenvalue weighted by Gasteiger charge is -2.24. The Morgan fingerprint density at radius 2 is 1.69 bits per heavy atom. The maximum absolute atomic E-state index is 14.1. The Labute approximate surface area is 166 Å². The Kier molecular flexibility index (Phi) is 4.98. The average Bonchev–Trinajstić information content (AvgIpc) is 2.69. The molecule has 29 heavy (non-hydrogen) atoms. The molecular weight excluding hydrogens is 398 g/mol. The number of aliphatic imine (C=N–C) groups is 1. The summed E-state index contributed by atoms with van der Waals surface area (Å²) in [6, 6.07) is 13.8. The fourth-order valence-electron chi connectivity index (χ4n) is 3.02. The average molecular weight is 414 g/mol. The van der Waals surface area contributed by atoms with E-state index in [2.05, 4.69) is 20.0 Å². The Bertz CT molecular complexity index is 1210. The van der Waals surface area contributed by atoms with Crippen LogP contribution >= 0.6 is 0 Å². The number of hydrogen-bond acceptors (Lipinski definition) is 4. The van der Waals surface area contributed by atoms with Crippen LogP contribution in [0.15, 0.2) is 70.7 Å². The van der Waals surface area contributed by atoms with Gasteiger partial charge in [-0.15, -0.1) is 0 Å². The predicted molar refractivity (Wildman–Crippen MR) is 105 cm³/mol. The predicted octanol–water partition coefficient (Wildman–Crippen LogP) is 3.21. The third kappa shape index (κ3) is 3.95. The van der Waals surface area contributed by atoms with Gasteiger partial charge in [-0.1, -0.05) is 30.3 Å². The molecule has 0 amide bonds. The molecule has 2 aromatic carbocycles. The molecule has 0 fully saturated rings. The third-order valence-electron chi connectivity index (χ3n) is 4.44. The van der Waals surface area contributed by atoms with Gasteiger partial charge in [-0.2, -0.15) is 0 Å². The van der Waals surface area contributed by atoms with Crippen LogP contribution in [0.25, 0.3) is 0 Å². The molecule has 6 nitrogen and oxygen atoms in total. The SMILES string of the molecule is O=S1(=O)NC(=NCc2ncccc2F)Nc2c(Cc3ccccc3F)cccc21. The van der Waals surface area contributed by atoms with Gasteiger partial charge in [-0.25, -0.2) is 26.9 Å². The lowest BCUT2D eigenvalue weighted by molar-refractivity contribution is 0.591. The smallest absolute Gasteiger partial charge is 0.266 e. The van der Waals surface area contributed by atoms with Crippen molar-refractivity contribution in [3.8, 4) is 0 Å². The van der Waals surface area contributed by atoms with Crippen LogP contribution in [0.5, 0.6) is 0 Å². The van der Waals surface area contributed by atoms with E-state index in [1.165, 1.54) is 30.5 Å². The molecule has 0 saturated carbocycles. The lowest BCUT2D eigenvalue weighted by atomic mass is 10.0. The minimum atomic E-state index is -3.88. The Morgan fingerprint density at radius 1 is 0.931 bits per heavy atom. The molecule has 9 heteroatoms. The van der Waals surface area contributed by atoms with Crippen LogP contribution in [0.4, 0.5) is 14.5 Å². The van der Waals surface area contributed by atoms with Crippen LogP contribution in [0, 0.1) is 11.6 Å². The molecule has 0 atom stereocenters. The first-order valence-corrected chi connectivity index (χ1v) is 10.2. The highest BCUT2D eigenvalue weighted by Gasteiger charge is 2.28. The molecule has 0 spiro atoms. The van der Waals surface area contributed by atoms with Crippen molar-refractivity contribution in [3.05, 3.63) is 89.2 Å². The highest BCUT2D eigenvalue weighted by Crippen LogP contribution is 2.30. The number of nitrogens with one attached hydrogen (secondary N) is 2. The summed E-state index contributed by atoms with van der Waals surface area (Å²) in [5.41, 5.74) is 1.43. The van der Waals surface area contributed by atoms with Gasteiger partial charge >= 0.3 is 0 Å². The number of rotatable bonds is 4. The largest absolute Gasteiger partial charge is 0.324 e. The standard InChI is InChI=1S/C20H16F2N4O2S/c21-15-7-2-1-5-13(15)11-14-6-3-9-18-19(14)25-20(26-29(18,27)28)24-12-17-16(22)8-4-10-23-17/h1-10H,11-12H2,(H2,24,25,26). The van der Waals surface area contributed by atoms with Crippen LogP contribution in [0.3, 0.4) is 0 Å². The van der Waals surface area contributed by atoms with Gasteiger partial charge in [0.05, 0.1) is 17.9 Å². The summed E-state index contributed by atoms with van der Waals surface area (Å²) in [6.45, 7) is -0.150. The van der Waals surface area contributed by atoms with Crippen LogP contribution in [0.2, 0.25) is 0 Å². The molecular formula is C20H16F2N4O2S. The number of benzene rings is 2. The molecule has 1 aliphatic rings. The van der Waals surface area contributed by atoms with Gasteiger partial charge in [0.2, 0.25) is 5.96 Å². The summed E-state index contributed by atoms with van der Waals surface area (Å²) >= 11 is 0. The lowest BCUT2D eigenvalue weighted by Crippen LogP contribution is -2.41. The molecule has 0 aliphatic carbocycles. The van der Waals surface area contributed by atoms with Gasteiger partial charge in [0.15, 0.2) is 0 Å². The van der Waals surface area contributed by atoms with Crippen molar-refractivity contribution in [3.63, 3.8) is 0 Å². The molecule has 1 aliphatic heterocycles. The summed E-state index contributed by atoms with van der Waals surface area (Å²) in [6.07, 6.45) is 1.62. The number of para-hydroxylation sites is 1. The third-order valence-corrected chi connectivity index (χ3v) is 5.82. The molecule has 0 bridgehead atoms. The number of halogens is 2. The molecule has 1 aromatic heterocycles. The second-order valence-electron chi connectivity index (χ2n) is 6.39. The van der Waals surface area contributed by atoms with Crippen molar-refractivity contribution in [2.24, 2.45) is 4.99 Å². The van der Waals surface area contributed by atoms with Crippen molar-refractivity contribution in [1.29, 1.82) is 0 Å². The number of sulfonamides is 1. The molecule has 148 valence electrons. The van der Waals surface area contributed by atoms with Crippen LogP contribution in [0.1, 0.15) is 16.8 Å². The normalized spacial score (nSPS) is 16.0. The van der Waals surface area contributed by atoms with Crippen molar-refractivity contribution in [2.45, 2.75) is 17.9 Å². The zero-order valence-electron chi connectivity index (χ0n) is 15.1. The quantitative estimate of drug-likeness (QED) is 0.687. The first-order valence-electron chi connectivity index (χ1n) is 8.73. The van der Waals surface area contributed by atoms with E-state index in [1.807, 2.05) is 0 Å². The molecule has 2 heterocycles. The van der Waals surface area contributed by atoms with Gasteiger partial charge in [-0.3, -0.25) is 4.98 Å². The summed E-state index contributed by atoms with van der Waals surface area (Å²) < 4.78 is 55.4. The second kappa shape index (κ2) is 7.59. The van der Waals surface area contributed by atoms with Crippen LogP contribution in [-0.2, 0) is 23.0 Å². The Balaban J connectivity index is 1.69. The molecule has 0 saturated heterocycles. The topological polar surface area (TPSA) is 83.5 Å². The number of guanidine groups is 1. The van der Waals surface area contributed by atoms with E-state index in [1.54, 1.807) is 30.3 Å². The number of pyridine rings is 1. The van der Waals surface area contributed by atoms with Crippen molar-refractivity contribution >= 4 is 21.7 Å². The van der Waals surface area contributed by atoms with E-state index >= 15 is 0 Å². The van der Waals surface area contributed by atoms with Crippen molar-refractivity contribution in [2.75, 3.05) is 5.32 Å². The van der Waals surface area contributed by atoms with E-state index in [4.69, 9.17) is 0 Å². The van der Waals surface area contributed by atoms with E-state index < -0.39 is 15.8 Å². The Hall–Kier alpha value is -3.33. The second-order valence-corrected chi connectivity index (χ2v) is 8.04. The van der Waals surface area contributed by atoms with E-state index in [9.17, 15) is 17.2 Å². The highest BCUT2D eigenvalue weighted by molar-refractivity contribution is 7.90. The maximum atomic E-state index is 14.1. The van der Waals surface area contributed by atoms with Crippen LogP contribution < -0.4 is 10.0 Å². The molecule has 0 unspecified atom stereocenters. The van der Waals surface area contributed by atoms with Gasteiger partial charge in [0, 0.05) is 12.6 Å². The number of anilines is 1. The molecule has 4 rings (SSSR count). The summed E-state index contributed by atoms with van der Waals surface area (Å²) in [7, 11) is -3.88. The van der Waals surface area contributed by atoms with Crippen molar-refractivity contribution < 1.29 is 17.2 Å². The molecule has 3 aromatic rings. The number of fused-ring (bicyclic) bond motifs is 1. The van der Waals surface area contributed by atoms with Crippen molar-refractivity contribution in [1.82, 2.24) is 9.71 Å². The summed E-state index contributed by atoms with van der Waals surface area (Å²) in [4.78, 5) is 8.05. The molecule has 2 N–H and O–H groups in total. The highest BCUT2D eigenvalue weighted by atomic mass is 32.2. The van der Waals surface area contributed by atoms with E-state index in [0.29, 0.717) is 16.8 Å². The monoisotopic (exact) mass is 414 g/mol. The van der Waals surface area contributed by atoms with E-state index in [-0.39, 0.29) is 35.3 Å². The minimum Gasteiger partial charge on any atom is -0.324 e.